The third kappa shape index (κ3) is 4.23. The van der Waals surface area contributed by atoms with E-state index in [1.807, 2.05) is 7.05 Å². The minimum Gasteiger partial charge on any atom is -0.486 e. The van der Waals surface area contributed by atoms with E-state index in [-0.39, 0.29) is 10.8 Å². The Kier molecular flexibility index (Phi) is 6.01. The Hall–Kier alpha value is -1.80. The summed E-state index contributed by atoms with van der Waals surface area (Å²) in [4.78, 5) is 15.0. The zero-order valence-corrected chi connectivity index (χ0v) is 17.8. The van der Waals surface area contributed by atoms with Gasteiger partial charge in [-0.25, -0.2) is 8.42 Å². The van der Waals surface area contributed by atoms with Crippen molar-refractivity contribution in [2.24, 2.45) is 5.92 Å². The minimum absolute atomic E-state index is 0.0887. The van der Waals surface area contributed by atoms with E-state index in [9.17, 15) is 13.2 Å². The number of nitrogens with zero attached hydrogens (tertiary/aromatic N) is 2. The molecule has 1 atom stereocenters. The van der Waals surface area contributed by atoms with Crippen LogP contribution < -0.4 is 9.47 Å². The lowest BCUT2D eigenvalue weighted by molar-refractivity contribution is -0.134. The van der Waals surface area contributed by atoms with Crippen LogP contribution in [-0.2, 0) is 14.8 Å². The van der Waals surface area contributed by atoms with E-state index in [1.54, 1.807) is 11.0 Å². The third-order valence-electron chi connectivity index (χ3n) is 6.24. The Labute approximate surface area is 173 Å². The van der Waals surface area contributed by atoms with Gasteiger partial charge in [-0.3, -0.25) is 4.79 Å². The van der Waals surface area contributed by atoms with Crippen LogP contribution >= 0.6 is 0 Å². The monoisotopic (exact) mass is 422 g/mol. The van der Waals surface area contributed by atoms with Crippen molar-refractivity contribution in [1.82, 2.24) is 9.21 Å². The number of fused-ring (bicyclic) bond motifs is 1. The molecule has 1 saturated heterocycles. The van der Waals surface area contributed by atoms with Crippen LogP contribution in [0.4, 0.5) is 0 Å². The van der Waals surface area contributed by atoms with Crippen LogP contribution in [0.25, 0.3) is 0 Å². The zero-order chi connectivity index (χ0) is 20.4. The average Bonchev–Trinajstić information content (AvgIpc) is 3.24. The fourth-order valence-electron chi connectivity index (χ4n) is 4.70. The third-order valence-corrected chi connectivity index (χ3v) is 8.15. The van der Waals surface area contributed by atoms with Crippen molar-refractivity contribution in [2.75, 3.05) is 33.4 Å². The molecule has 2 fully saturated rings. The number of sulfonamides is 1. The van der Waals surface area contributed by atoms with Gasteiger partial charge in [0, 0.05) is 26.2 Å². The van der Waals surface area contributed by atoms with Crippen molar-refractivity contribution in [3.63, 3.8) is 0 Å². The Balaban J connectivity index is 1.50. The van der Waals surface area contributed by atoms with Crippen LogP contribution in [0.2, 0.25) is 0 Å². The predicted octanol–water partition coefficient (Wildman–Crippen LogP) is 2.65. The summed E-state index contributed by atoms with van der Waals surface area (Å²) in [6.45, 7) is 1.93. The zero-order valence-electron chi connectivity index (χ0n) is 17.0. The summed E-state index contributed by atoms with van der Waals surface area (Å²) in [5, 5.41) is 0. The summed E-state index contributed by atoms with van der Waals surface area (Å²) in [6.07, 6.45) is 7.29. The Morgan fingerprint density at radius 1 is 1.07 bits per heavy atom. The summed E-state index contributed by atoms with van der Waals surface area (Å²) in [6, 6.07) is 4.05. The number of ether oxygens (including phenoxy) is 2. The second-order valence-electron chi connectivity index (χ2n) is 8.30. The topological polar surface area (TPSA) is 76.2 Å². The molecule has 0 spiro atoms. The second-order valence-corrected chi connectivity index (χ2v) is 10.2. The lowest BCUT2D eigenvalue weighted by Crippen LogP contribution is -2.47. The number of likely N-dealkylation sites (N-methyl/N-ethyl adjacent to an activating group) is 1. The van der Waals surface area contributed by atoms with Gasteiger partial charge >= 0.3 is 0 Å². The highest BCUT2D eigenvalue weighted by Crippen LogP contribution is 2.35. The molecule has 29 heavy (non-hydrogen) atoms. The number of amides is 1. The fourth-order valence-corrected chi connectivity index (χ4v) is 6.36. The SMILES string of the molecule is CN(CC1CCCCC1)C(=O)C1CCCN1S(=O)(=O)c1ccc2c(c1)OCCO2. The van der Waals surface area contributed by atoms with Crippen LogP contribution in [0, 0.1) is 5.92 Å². The number of carbonyl (C=O) groups is 1. The first-order valence-corrected chi connectivity index (χ1v) is 12.1. The molecule has 1 saturated carbocycles. The summed E-state index contributed by atoms with van der Waals surface area (Å²) in [7, 11) is -1.97. The summed E-state index contributed by atoms with van der Waals surface area (Å²) < 4.78 is 39.0. The first-order valence-electron chi connectivity index (χ1n) is 10.6. The molecule has 0 bridgehead atoms. The van der Waals surface area contributed by atoms with E-state index in [1.165, 1.54) is 35.7 Å². The molecule has 0 radical (unpaired) electrons. The normalized spacial score (nSPS) is 23.1. The van der Waals surface area contributed by atoms with Crippen molar-refractivity contribution in [3.05, 3.63) is 18.2 Å². The van der Waals surface area contributed by atoms with Crippen molar-refractivity contribution in [2.45, 2.75) is 55.9 Å². The largest absolute Gasteiger partial charge is 0.486 e. The quantitative estimate of drug-likeness (QED) is 0.729. The molecule has 1 amide bonds. The van der Waals surface area contributed by atoms with Gasteiger partial charge in [-0.1, -0.05) is 19.3 Å². The standard InChI is InChI=1S/C21H30N2O5S/c1-22(15-16-6-3-2-4-7-16)21(24)18-8-5-11-23(18)29(25,26)17-9-10-19-20(14-17)28-13-12-27-19/h9-10,14,16,18H,2-8,11-13,15H2,1H3. The molecule has 0 N–H and O–H groups in total. The van der Waals surface area contributed by atoms with E-state index < -0.39 is 16.1 Å². The van der Waals surface area contributed by atoms with Crippen LogP contribution in [0.15, 0.2) is 23.1 Å². The molecule has 2 heterocycles. The van der Waals surface area contributed by atoms with Crippen LogP contribution in [0.1, 0.15) is 44.9 Å². The highest BCUT2D eigenvalue weighted by molar-refractivity contribution is 7.89. The molecule has 8 heteroatoms. The smallest absolute Gasteiger partial charge is 0.243 e. The van der Waals surface area contributed by atoms with Gasteiger partial charge in [-0.2, -0.15) is 4.31 Å². The molecule has 1 aromatic carbocycles. The molecule has 3 aliphatic rings. The minimum atomic E-state index is -3.78. The van der Waals surface area contributed by atoms with Gasteiger partial charge in [0.1, 0.15) is 19.3 Å². The lowest BCUT2D eigenvalue weighted by Gasteiger charge is -2.31. The number of hydrogen-bond acceptors (Lipinski definition) is 5. The van der Waals surface area contributed by atoms with Crippen LogP contribution in [-0.4, -0.2) is 62.9 Å². The van der Waals surface area contributed by atoms with E-state index in [0.717, 1.165) is 12.8 Å². The van der Waals surface area contributed by atoms with Gasteiger partial charge in [0.15, 0.2) is 11.5 Å². The van der Waals surface area contributed by atoms with Crippen LogP contribution in [0.5, 0.6) is 11.5 Å². The molecule has 160 valence electrons. The van der Waals surface area contributed by atoms with Gasteiger partial charge in [0.2, 0.25) is 15.9 Å². The molecular formula is C21H30N2O5S. The van der Waals surface area contributed by atoms with Crippen molar-refractivity contribution < 1.29 is 22.7 Å². The average molecular weight is 423 g/mol. The number of hydrogen-bond donors (Lipinski definition) is 0. The molecule has 2 aliphatic heterocycles. The summed E-state index contributed by atoms with van der Waals surface area (Å²) in [5.41, 5.74) is 0. The molecule has 1 unspecified atom stereocenters. The molecule has 0 aromatic heterocycles. The maximum Gasteiger partial charge on any atom is 0.243 e. The maximum atomic E-state index is 13.3. The predicted molar refractivity (Wildman–Crippen MR) is 109 cm³/mol. The summed E-state index contributed by atoms with van der Waals surface area (Å²) in [5.74, 6) is 1.43. The van der Waals surface area contributed by atoms with Crippen molar-refractivity contribution in [1.29, 1.82) is 0 Å². The number of rotatable bonds is 5. The van der Waals surface area contributed by atoms with Crippen LogP contribution in [0.3, 0.4) is 0 Å². The highest BCUT2D eigenvalue weighted by Gasteiger charge is 2.41. The Bertz CT molecular complexity index is 851. The first-order chi connectivity index (χ1) is 14.0. The number of benzene rings is 1. The van der Waals surface area contributed by atoms with Crippen molar-refractivity contribution >= 4 is 15.9 Å². The number of carbonyl (C=O) groups excluding carboxylic acids is 1. The lowest BCUT2D eigenvalue weighted by atomic mass is 9.89. The van der Waals surface area contributed by atoms with Gasteiger partial charge in [0.25, 0.3) is 0 Å². The molecular weight excluding hydrogens is 392 g/mol. The van der Waals surface area contributed by atoms with Crippen molar-refractivity contribution in [3.8, 4) is 11.5 Å². The van der Waals surface area contributed by atoms with Gasteiger partial charge in [0.05, 0.1) is 4.90 Å². The van der Waals surface area contributed by atoms with Gasteiger partial charge in [-0.05, 0) is 43.7 Å². The molecule has 1 aromatic rings. The van der Waals surface area contributed by atoms with E-state index >= 15 is 0 Å². The second kappa shape index (κ2) is 8.52. The molecule has 1 aliphatic carbocycles. The molecule has 4 rings (SSSR count). The van der Waals surface area contributed by atoms with E-state index in [4.69, 9.17) is 9.47 Å². The van der Waals surface area contributed by atoms with Gasteiger partial charge in [-0.15, -0.1) is 0 Å². The van der Waals surface area contributed by atoms with Gasteiger partial charge < -0.3 is 14.4 Å². The van der Waals surface area contributed by atoms with E-state index in [0.29, 0.717) is 56.6 Å². The Morgan fingerprint density at radius 2 is 1.79 bits per heavy atom. The molecule has 7 nitrogen and oxygen atoms in total. The van der Waals surface area contributed by atoms with E-state index in [2.05, 4.69) is 0 Å². The summed E-state index contributed by atoms with van der Waals surface area (Å²) >= 11 is 0. The fraction of sp³-hybridized carbons (Fsp3) is 0.667. The highest BCUT2D eigenvalue weighted by atomic mass is 32.2. The first kappa shape index (κ1) is 20.5. The Morgan fingerprint density at radius 3 is 2.55 bits per heavy atom. The maximum absolute atomic E-state index is 13.3.